The molecule has 3 heteroatoms. The van der Waals surface area contributed by atoms with Crippen LogP contribution in [0.25, 0.3) is 0 Å². The van der Waals surface area contributed by atoms with E-state index in [9.17, 15) is 10.1 Å². The normalized spacial score (nSPS) is 38.8. The van der Waals surface area contributed by atoms with Crippen LogP contribution >= 0.6 is 0 Å². The molecule has 1 aromatic carbocycles. The predicted octanol–water partition coefficient (Wildman–Crippen LogP) is 9.00. The number of rotatable bonds is 7. The first kappa shape index (κ1) is 27.5. The lowest BCUT2D eigenvalue weighted by Gasteiger charge is -2.59. The molecule has 0 aliphatic heterocycles. The summed E-state index contributed by atoms with van der Waals surface area (Å²) in [7, 11) is 0. The number of benzene rings is 1. The zero-order chi connectivity index (χ0) is 27.1. The summed E-state index contributed by atoms with van der Waals surface area (Å²) in [6, 6.07) is 12.1. The van der Waals surface area contributed by atoms with Crippen molar-refractivity contribution in [3.63, 3.8) is 0 Å². The van der Waals surface area contributed by atoms with E-state index in [1.807, 2.05) is 30.3 Å². The quantitative estimate of drug-likeness (QED) is 0.269. The van der Waals surface area contributed by atoms with Crippen molar-refractivity contribution in [3.05, 3.63) is 47.5 Å². The number of allylic oxidation sites excluding steroid dienone is 1. The third kappa shape index (κ3) is 4.87. The Morgan fingerprint density at radius 3 is 2.50 bits per heavy atom. The maximum Gasteiger partial charge on any atom is 0.338 e. The van der Waals surface area contributed by atoms with Crippen molar-refractivity contribution in [1.29, 1.82) is 5.26 Å². The molecule has 38 heavy (non-hydrogen) atoms. The summed E-state index contributed by atoms with van der Waals surface area (Å²) >= 11 is 0. The second-order valence-corrected chi connectivity index (χ2v) is 14.2. The molecule has 9 atom stereocenters. The fraction of sp³-hybridized carbons (Fsp3) is 0.714. The van der Waals surface area contributed by atoms with E-state index in [-0.39, 0.29) is 23.4 Å². The molecule has 1 aromatic rings. The van der Waals surface area contributed by atoms with Crippen LogP contribution in [0.2, 0.25) is 0 Å². The Morgan fingerprint density at radius 2 is 1.79 bits per heavy atom. The Balaban J connectivity index is 1.33. The zero-order valence-electron chi connectivity index (χ0n) is 24.4. The molecule has 0 saturated heterocycles. The van der Waals surface area contributed by atoms with Crippen molar-refractivity contribution >= 4 is 5.97 Å². The SMILES string of the molecule is CC(C)CCC[C@@H](C)[C@H]1CC[C@H]2[C@@H]3[C@@H](C#N)C=C4C[C@@H](OC(=O)c5ccccc5)CC[C@]4(C)[C@H]3CC[C@]12C. The first-order chi connectivity index (χ1) is 18.2. The average Bonchev–Trinajstić information content (AvgIpc) is 3.26. The second kappa shape index (κ2) is 10.8. The van der Waals surface area contributed by atoms with Crippen LogP contribution in [-0.4, -0.2) is 12.1 Å². The highest BCUT2D eigenvalue weighted by Gasteiger charge is 2.61. The first-order valence-electron chi connectivity index (χ1n) is 15.5. The molecule has 4 aliphatic carbocycles. The number of hydrogen-bond donors (Lipinski definition) is 0. The van der Waals surface area contributed by atoms with Crippen LogP contribution in [0, 0.1) is 63.6 Å². The van der Waals surface area contributed by atoms with Crippen LogP contribution in [0.4, 0.5) is 0 Å². The third-order valence-corrected chi connectivity index (χ3v) is 11.7. The lowest BCUT2D eigenvalue weighted by Crippen LogP contribution is -2.53. The standard InChI is InChI=1S/C35H49NO2/c1-23(2)10-9-11-24(3)29-14-15-30-32-26(22-36)20-27-21-28(38-33(37)25-12-7-6-8-13-25)16-18-34(27,4)31(32)17-19-35(29,30)5/h6-8,12-13,20,23-24,26,28-32H,9-11,14-19,21H2,1-5H3/t24-,26-,28+,29-,30+,31+,32+,34+,35-/m1/s1. The van der Waals surface area contributed by atoms with Crippen molar-refractivity contribution < 1.29 is 9.53 Å². The van der Waals surface area contributed by atoms with E-state index in [1.54, 1.807) is 0 Å². The number of carbonyl (C=O) groups excluding carboxylic acids is 1. The van der Waals surface area contributed by atoms with Gasteiger partial charge in [0.25, 0.3) is 0 Å². The molecule has 0 heterocycles. The van der Waals surface area contributed by atoms with E-state index in [0.717, 1.165) is 37.0 Å². The van der Waals surface area contributed by atoms with Crippen LogP contribution in [0.15, 0.2) is 42.0 Å². The maximum atomic E-state index is 12.8. The van der Waals surface area contributed by atoms with Crippen LogP contribution in [0.3, 0.4) is 0 Å². The zero-order valence-corrected chi connectivity index (χ0v) is 24.4. The molecule has 0 aromatic heterocycles. The minimum atomic E-state index is -0.224. The fourth-order valence-electron chi connectivity index (χ4n) is 9.69. The van der Waals surface area contributed by atoms with Gasteiger partial charge in [0.15, 0.2) is 0 Å². The molecule has 5 rings (SSSR count). The first-order valence-corrected chi connectivity index (χ1v) is 15.5. The van der Waals surface area contributed by atoms with Gasteiger partial charge in [-0.3, -0.25) is 0 Å². The van der Waals surface area contributed by atoms with Gasteiger partial charge in [0.05, 0.1) is 17.6 Å². The molecule has 0 bridgehead atoms. The predicted molar refractivity (Wildman–Crippen MR) is 153 cm³/mol. The number of esters is 1. The molecule has 3 nitrogen and oxygen atoms in total. The van der Waals surface area contributed by atoms with Crippen molar-refractivity contribution in [2.75, 3.05) is 0 Å². The molecule has 3 fully saturated rings. The van der Waals surface area contributed by atoms with E-state index in [1.165, 1.54) is 50.5 Å². The Morgan fingerprint density at radius 1 is 1.03 bits per heavy atom. The molecule has 4 aliphatic rings. The van der Waals surface area contributed by atoms with E-state index < -0.39 is 0 Å². The average molecular weight is 516 g/mol. The summed E-state index contributed by atoms with van der Waals surface area (Å²) < 4.78 is 5.99. The molecule has 0 amide bonds. The number of nitrogens with zero attached hydrogens (tertiary/aromatic N) is 1. The van der Waals surface area contributed by atoms with Crippen LogP contribution in [-0.2, 0) is 4.74 Å². The molecular formula is C35H49NO2. The lowest BCUT2D eigenvalue weighted by atomic mass is 9.45. The maximum absolute atomic E-state index is 12.8. The van der Waals surface area contributed by atoms with Gasteiger partial charge in [-0.05, 0) is 97.0 Å². The summed E-state index contributed by atoms with van der Waals surface area (Å²) in [5.74, 6) is 3.85. The smallest absolute Gasteiger partial charge is 0.338 e. The number of ether oxygens (including phenoxy) is 1. The minimum Gasteiger partial charge on any atom is -0.458 e. The summed E-state index contributed by atoms with van der Waals surface area (Å²) in [6.45, 7) is 12.3. The second-order valence-electron chi connectivity index (χ2n) is 14.2. The molecule has 0 spiro atoms. The van der Waals surface area contributed by atoms with E-state index in [4.69, 9.17) is 4.74 Å². The van der Waals surface area contributed by atoms with Gasteiger partial charge in [-0.15, -0.1) is 0 Å². The van der Waals surface area contributed by atoms with Crippen molar-refractivity contribution in [1.82, 2.24) is 0 Å². The van der Waals surface area contributed by atoms with Gasteiger partial charge in [0, 0.05) is 6.42 Å². The molecule has 206 valence electrons. The van der Waals surface area contributed by atoms with Gasteiger partial charge in [-0.1, -0.05) is 83.7 Å². The molecule has 3 saturated carbocycles. The number of nitriles is 1. The highest BCUT2D eigenvalue weighted by atomic mass is 16.5. The van der Waals surface area contributed by atoms with Gasteiger partial charge in [-0.25, -0.2) is 4.79 Å². The van der Waals surface area contributed by atoms with Crippen molar-refractivity contribution in [2.45, 2.75) is 105 Å². The largest absolute Gasteiger partial charge is 0.458 e. The Hall–Kier alpha value is -2.08. The Labute approximate surface area is 231 Å². The van der Waals surface area contributed by atoms with Crippen LogP contribution in [0.5, 0.6) is 0 Å². The Bertz CT molecular complexity index is 1070. The molecular weight excluding hydrogens is 466 g/mol. The fourth-order valence-corrected chi connectivity index (χ4v) is 9.69. The highest BCUT2D eigenvalue weighted by Crippen LogP contribution is 2.68. The summed E-state index contributed by atoms with van der Waals surface area (Å²) in [5, 5.41) is 10.4. The van der Waals surface area contributed by atoms with Crippen molar-refractivity contribution in [3.8, 4) is 6.07 Å². The van der Waals surface area contributed by atoms with Gasteiger partial charge >= 0.3 is 5.97 Å². The van der Waals surface area contributed by atoms with Gasteiger partial charge in [-0.2, -0.15) is 5.26 Å². The van der Waals surface area contributed by atoms with E-state index in [2.05, 4.69) is 46.8 Å². The van der Waals surface area contributed by atoms with Gasteiger partial charge in [0.2, 0.25) is 0 Å². The third-order valence-electron chi connectivity index (χ3n) is 11.7. The number of carbonyl (C=O) groups is 1. The number of hydrogen-bond acceptors (Lipinski definition) is 3. The molecule has 0 unspecified atom stereocenters. The summed E-state index contributed by atoms with van der Waals surface area (Å²) in [4.78, 5) is 12.8. The molecule has 0 radical (unpaired) electrons. The van der Waals surface area contributed by atoms with Crippen LogP contribution < -0.4 is 0 Å². The monoisotopic (exact) mass is 515 g/mol. The van der Waals surface area contributed by atoms with Gasteiger partial charge in [0.1, 0.15) is 6.10 Å². The molecule has 0 N–H and O–H groups in total. The number of fused-ring (bicyclic) bond motifs is 5. The summed E-state index contributed by atoms with van der Waals surface area (Å²) in [6.07, 6.45) is 14.3. The van der Waals surface area contributed by atoms with Gasteiger partial charge < -0.3 is 4.74 Å². The lowest BCUT2D eigenvalue weighted by molar-refractivity contribution is -0.0696. The summed E-state index contributed by atoms with van der Waals surface area (Å²) in [5.41, 5.74) is 2.52. The highest BCUT2D eigenvalue weighted by molar-refractivity contribution is 5.89. The minimum absolute atomic E-state index is 0.00808. The van der Waals surface area contributed by atoms with Crippen molar-refractivity contribution in [2.24, 2.45) is 52.3 Å². The van der Waals surface area contributed by atoms with Crippen LogP contribution in [0.1, 0.15) is 109 Å². The topological polar surface area (TPSA) is 50.1 Å². The van der Waals surface area contributed by atoms with E-state index in [0.29, 0.717) is 28.7 Å². The van der Waals surface area contributed by atoms with E-state index >= 15 is 0 Å². The Kier molecular flexibility index (Phi) is 7.83.